The van der Waals surface area contributed by atoms with Crippen molar-refractivity contribution in [1.29, 1.82) is 0 Å². The van der Waals surface area contributed by atoms with Crippen molar-refractivity contribution >= 4 is 29.7 Å². The number of carbonyl (C=O) groups excluding carboxylic acids is 4. The summed E-state index contributed by atoms with van der Waals surface area (Å²) in [5.41, 5.74) is 13.9. The molecule has 0 bridgehead atoms. The van der Waals surface area contributed by atoms with Crippen molar-refractivity contribution in [3.8, 4) is 0 Å². The van der Waals surface area contributed by atoms with Crippen LogP contribution >= 0.6 is 0 Å². The molecule has 0 aliphatic carbocycles. The number of aliphatic hydroxyl groups is 2. The zero-order valence-electron chi connectivity index (χ0n) is 13.8. The largest absolute Gasteiger partial charge is 0.480 e. The summed E-state index contributed by atoms with van der Waals surface area (Å²) in [6, 6.07) is -5.74. The zero-order chi connectivity index (χ0) is 20.4. The SMILES string of the molecule is CC(O)[C@H](NC(=O)N[C@@H](CC(N)=O)C(=O)NNC(=O)[C@H](N)CO)C(=O)O. The number of carboxylic acid groups (broad SMARTS) is 1. The first-order valence-electron chi connectivity index (χ1n) is 7.21. The molecule has 0 aliphatic heterocycles. The van der Waals surface area contributed by atoms with Crippen LogP contribution in [-0.2, 0) is 19.2 Å². The second kappa shape index (κ2) is 10.8. The third-order valence-corrected chi connectivity index (χ3v) is 2.90. The molecule has 14 heteroatoms. The van der Waals surface area contributed by atoms with Crippen LogP contribution in [0.5, 0.6) is 0 Å². The van der Waals surface area contributed by atoms with Crippen molar-refractivity contribution < 1.29 is 39.3 Å². The first kappa shape index (κ1) is 23.0. The summed E-state index contributed by atoms with van der Waals surface area (Å²) in [5, 5.41) is 30.7. The van der Waals surface area contributed by atoms with Gasteiger partial charge in [0.15, 0.2) is 6.04 Å². The topological polar surface area (TPSA) is 246 Å². The molecule has 0 heterocycles. The van der Waals surface area contributed by atoms with Crippen LogP contribution in [0.25, 0.3) is 0 Å². The molecule has 0 aromatic carbocycles. The number of aliphatic hydroxyl groups excluding tert-OH is 2. The Labute approximate surface area is 147 Å². The van der Waals surface area contributed by atoms with Gasteiger partial charge < -0.3 is 37.4 Å². The summed E-state index contributed by atoms with van der Waals surface area (Å²) in [4.78, 5) is 57.0. The predicted octanol–water partition coefficient (Wildman–Crippen LogP) is -5.17. The minimum atomic E-state index is -1.67. The highest BCUT2D eigenvalue weighted by molar-refractivity contribution is 5.93. The van der Waals surface area contributed by atoms with E-state index >= 15 is 0 Å². The number of amides is 5. The highest BCUT2D eigenvalue weighted by Crippen LogP contribution is 1.96. The quantitative estimate of drug-likeness (QED) is 0.174. The smallest absolute Gasteiger partial charge is 0.328 e. The van der Waals surface area contributed by atoms with Gasteiger partial charge in [0.05, 0.1) is 19.1 Å². The van der Waals surface area contributed by atoms with Crippen molar-refractivity contribution in [2.24, 2.45) is 11.5 Å². The maximum Gasteiger partial charge on any atom is 0.328 e. The average Bonchev–Trinajstić information content (AvgIpc) is 2.54. The Morgan fingerprint density at radius 2 is 1.58 bits per heavy atom. The minimum absolute atomic E-state index is 0.673. The first-order chi connectivity index (χ1) is 12.0. The third-order valence-electron chi connectivity index (χ3n) is 2.90. The van der Waals surface area contributed by atoms with E-state index in [1.54, 1.807) is 0 Å². The van der Waals surface area contributed by atoms with Gasteiger partial charge in [-0.15, -0.1) is 0 Å². The number of nitrogens with two attached hydrogens (primary N) is 2. The molecule has 0 aromatic rings. The van der Waals surface area contributed by atoms with Gasteiger partial charge in [0.1, 0.15) is 12.1 Å². The van der Waals surface area contributed by atoms with E-state index in [9.17, 15) is 29.1 Å². The summed E-state index contributed by atoms with van der Waals surface area (Å²) < 4.78 is 0. The van der Waals surface area contributed by atoms with Crippen molar-refractivity contribution in [1.82, 2.24) is 21.5 Å². The third kappa shape index (κ3) is 8.22. The van der Waals surface area contributed by atoms with Crippen LogP contribution in [0.2, 0.25) is 0 Å². The summed E-state index contributed by atoms with van der Waals surface area (Å²) in [7, 11) is 0. The van der Waals surface area contributed by atoms with Gasteiger partial charge in [-0.1, -0.05) is 0 Å². The molecular formula is C12H22N6O8. The molecule has 4 atom stereocenters. The molecule has 26 heavy (non-hydrogen) atoms. The Morgan fingerprint density at radius 3 is 2.00 bits per heavy atom. The molecule has 0 aromatic heterocycles. The molecule has 0 saturated carbocycles. The van der Waals surface area contributed by atoms with Crippen molar-refractivity contribution in [2.45, 2.75) is 37.6 Å². The van der Waals surface area contributed by atoms with E-state index in [-0.39, 0.29) is 0 Å². The second-order valence-electron chi connectivity index (χ2n) is 5.16. The van der Waals surface area contributed by atoms with Gasteiger partial charge in [0.2, 0.25) is 5.91 Å². The lowest BCUT2D eigenvalue weighted by Crippen LogP contribution is -2.59. The molecule has 5 amide bonds. The monoisotopic (exact) mass is 378 g/mol. The Hall–Kier alpha value is -2.97. The van der Waals surface area contributed by atoms with Crippen LogP contribution in [0.4, 0.5) is 4.79 Å². The van der Waals surface area contributed by atoms with E-state index in [4.69, 9.17) is 21.7 Å². The molecule has 0 rings (SSSR count). The normalized spacial score (nSPS) is 14.9. The lowest BCUT2D eigenvalue weighted by molar-refractivity contribution is -0.141. The first-order valence-corrected chi connectivity index (χ1v) is 7.21. The van der Waals surface area contributed by atoms with Crippen molar-refractivity contribution in [3.05, 3.63) is 0 Å². The maximum atomic E-state index is 11.9. The molecule has 0 spiro atoms. The number of hydrazine groups is 1. The fraction of sp³-hybridized carbons (Fsp3) is 0.583. The average molecular weight is 378 g/mol. The molecule has 11 N–H and O–H groups in total. The van der Waals surface area contributed by atoms with E-state index < -0.39 is 67.0 Å². The number of urea groups is 1. The van der Waals surface area contributed by atoms with Crippen LogP contribution in [0.15, 0.2) is 0 Å². The van der Waals surface area contributed by atoms with Gasteiger partial charge in [-0.3, -0.25) is 25.2 Å². The number of primary amides is 1. The van der Waals surface area contributed by atoms with Crippen LogP contribution in [0.1, 0.15) is 13.3 Å². The highest BCUT2D eigenvalue weighted by atomic mass is 16.4. The number of nitrogens with one attached hydrogen (secondary N) is 4. The van der Waals surface area contributed by atoms with Gasteiger partial charge in [-0.05, 0) is 6.92 Å². The lowest BCUT2D eigenvalue weighted by atomic mass is 10.1. The Bertz CT molecular complexity index is 554. The van der Waals surface area contributed by atoms with Crippen molar-refractivity contribution in [3.63, 3.8) is 0 Å². The van der Waals surface area contributed by atoms with E-state index in [0.717, 1.165) is 6.92 Å². The van der Waals surface area contributed by atoms with E-state index in [1.165, 1.54) is 0 Å². The number of hydrogen-bond donors (Lipinski definition) is 9. The molecular weight excluding hydrogens is 356 g/mol. The minimum Gasteiger partial charge on any atom is -0.480 e. The number of aliphatic carboxylic acids is 1. The molecule has 0 saturated heterocycles. The fourth-order valence-corrected chi connectivity index (χ4v) is 1.53. The van der Waals surface area contributed by atoms with Gasteiger partial charge in [0, 0.05) is 0 Å². The molecule has 14 nitrogen and oxygen atoms in total. The highest BCUT2D eigenvalue weighted by Gasteiger charge is 2.28. The summed E-state index contributed by atoms with van der Waals surface area (Å²) >= 11 is 0. The maximum absolute atomic E-state index is 11.9. The van der Waals surface area contributed by atoms with Crippen LogP contribution in [0.3, 0.4) is 0 Å². The summed E-state index contributed by atoms with van der Waals surface area (Å²) in [6.45, 7) is 0.426. The Balaban J connectivity index is 4.90. The predicted molar refractivity (Wildman–Crippen MR) is 83.7 cm³/mol. The lowest BCUT2D eigenvalue weighted by Gasteiger charge is -2.21. The Morgan fingerprint density at radius 1 is 1.04 bits per heavy atom. The van der Waals surface area contributed by atoms with Gasteiger partial charge >= 0.3 is 12.0 Å². The number of carboxylic acids is 1. The second-order valence-corrected chi connectivity index (χ2v) is 5.16. The molecule has 0 aliphatic rings. The fourth-order valence-electron chi connectivity index (χ4n) is 1.53. The van der Waals surface area contributed by atoms with Crippen LogP contribution in [-0.4, -0.2) is 75.9 Å². The van der Waals surface area contributed by atoms with Gasteiger partial charge in [-0.2, -0.15) is 0 Å². The zero-order valence-corrected chi connectivity index (χ0v) is 13.8. The van der Waals surface area contributed by atoms with E-state index in [2.05, 4.69) is 0 Å². The van der Waals surface area contributed by atoms with Gasteiger partial charge in [-0.25, -0.2) is 9.59 Å². The number of rotatable bonds is 9. The van der Waals surface area contributed by atoms with Gasteiger partial charge in [0.25, 0.3) is 11.8 Å². The molecule has 148 valence electrons. The number of carbonyl (C=O) groups is 5. The Kier molecular flexibility index (Phi) is 9.57. The summed E-state index contributed by atoms with van der Waals surface area (Å²) in [6.07, 6.45) is -2.12. The van der Waals surface area contributed by atoms with Crippen molar-refractivity contribution in [2.75, 3.05) is 6.61 Å². The molecule has 0 radical (unpaired) electrons. The molecule has 0 fully saturated rings. The van der Waals surface area contributed by atoms with E-state index in [0.29, 0.717) is 0 Å². The molecule has 1 unspecified atom stereocenters. The summed E-state index contributed by atoms with van der Waals surface area (Å²) in [5.74, 6) is -4.52. The standard InChI is InChI=1S/C12H22N6O8/c1-4(20)8(11(24)25)16-12(26)15-6(2-7(14)21)10(23)18-17-9(22)5(13)3-19/h4-6,8,19-20H,2-3,13H2,1H3,(H2,14,21)(H,17,22)(H,18,23)(H,24,25)(H2,15,16,26)/t4?,5-,6+,8+/m1/s1. The number of hydrogen-bond acceptors (Lipinski definition) is 8. The van der Waals surface area contributed by atoms with E-state index in [1.807, 2.05) is 21.5 Å². The van der Waals surface area contributed by atoms with Crippen LogP contribution in [0, 0.1) is 0 Å². The van der Waals surface area contributed by atoms with Crippen LogP contribution < -0.4 is 33.0 Å².